The highest BCUT2D eigenvalue weighted by molar-refractivity contribution is 6.24. The molecule has 0 aromatic carbocycles. The molecular formula is C35H54N4O7. The summed E-state index contributed by atoms with van der Waals surface area (Å²) in [6.07, 6.45) is 6.80. The molecule has 0 bridgehead atoms. The van der Waals surface area contributed by atoms with Crippen LogP contribution in [0.25, 0.3) is 0 Å². The molecule has 4 amide bonds. The average molecular weight is 643 g/mol. The highest BCUT2D eigenvalue weighted by atomic mass is 16.5. The first-order valence-electron chi connectivity index (χ1n) is 16.6. The molecule has 1 saturated heterocycles. The van der Waals surface area contributed by atoms with Crippen molar-refractivity contribution in [3.63, 3.8) is 0 Å². The summed E-state index contributed by atoms with van der Waals surface area (Å²) >= 11 is 0. The van der Waals surface area contributed by atoms with E-state index in [0.717, 1.165) is 0 Å². The number of nitrogens with zero attached hydrogens (tertiary/aromatic N) is 1. The third-order valence-electron chi connectivity index (χ3n) is 8.39. The molecule has 11 heteroatoms. The van der Waals surface area contributed by atoms with E-state index in [2.05, 4.69) is 16.0 Å². The van der Waals surface area contributed by atoms with Crippen molar-refractivity contribution in [3.05, 3.63) is 34.4 Å². The van der Waals surface area contributed by atoms with Crippen molar-refractivity contribution in [1.82, 2.24) is 20.9 Å². The van der Waals surface area contributed by atoms with Crippen LogP contribution in [-0.4, -0.2) is 77.6 Å². The van der Waals surface area contributed by atoms with Gasteiger partial charge in [-0.05, 0) is 86.0 Å². The molecule has 0 unspecified atom stereocenters. The molecule has 3 atom stereocenters. The van der Waals surface area contributed by atoms with Crippen LogP contribution in [0, 0.1) is 5.92 Å². The van der Waals surface area contributed by atoms with Gasteiger partial charge in [-0.1, -0.05) is 32.4 Å². The quantitative estimate of drug-likeness (QED) is 0.128. The number of allylic oxidation sites excluding steroid dienone is 4. The van der Waals surface area contributed by atoms with Gasteiger partial charge in [0.1, 0.15) is 12.1 Å². The summed E-state index contributed by atoms with van der Waals surface area (Å²) < 4.78 is 4.99. The van der Waals surface area contributed by atoms with E-state index < -0.39 is 18.2 Å². The predicted molar refractivity (Wildman–Crippen MR) is 177 cm³/mol. The standard InChI is InChI=1S/C35H54N4O7/c1-9-46-35(45)37-26(20-21(2)3)14-12-18-30(40)39-19-13-17-29(39)34(44)38-28(33(43)36-22(4)5)16-11-10-15-27-25(8)31(41)23(6)24(7)32(27)42/h12,14,21-22,26,28-29H,9-11,13,15-20H2,1-8H3,(H,36,43)(H,37,45)(H,38,44)/b14-12+/t26-,28+,29+/m1/s1. The zero-order valence-electron chi connectivity index (χ0n) is 28.9. The van der Waals surface area contributed by atoms with Gasteiger partial charge in [0.25, 0.3) is 0 Å². The minimum Gasteiger partial charge on any atom is -0.450 e. The normalized spacial score (nSPS) is 18.5. The Hall–Kier alpha value is -3.76. The second-order valence-corrected chi connectivity index (χ2v) is 13.0. The summed E-state index contributed by atoms with van der Waals surface area (Å²) in [6, 6.07) is -1.90. The summed E-state index contributed by atoms with van der Waals surface area (Å²) in [5.41, 5.74) is 1.95. The fourth-order valence-corrected chi connectivity index (χ4v) is 5.83. The lowest BCUT2D eigenvalue weighted by atomic mass is 9.84. The van der Waals surface area contributed by atoms with Crippen molar-refractivity contribution < 1.29 is 33.5 Å². The Morgan fingerprint density at radius 1 is 0.935 bits per heavy atom. The first-order chi connectivity index (χ1) is 21.7. The second kappa shape index (κ2) is 18.4. The molecule has 0 radical (unpaired) electrons. The maximum absolute atomic E-state index is 13.5. The zero-order chi connectivity index (χ0) is 34.6. The number of amides is 4. The first kappa shape index (κ1) is 38.4. The summed E-state index contributed by atoms with van der Waals surface area (Å²) in [5.74, 6) is -0.784. The van der Waals surface area contributed by atoms with E-state index in [4.69, 9.17) is 4.74 Å². The molecule has 1 fully saturated rings. The van der Waals surface area contributed by atoms with Crippen LogP contribution in [0.5, 0.6) is 0 Å². The summed E-state index contributed by atoms with van der Waals surface area (Å²) in [5, 5.41) is 8.56. The fourth-order valence-electron chi connectivity index (χ4n) is 5.83. The number of alkyl carbamates (subject to hydrolysis) is 1. The molecule has 3 N–H and O–H groups in total. The molecule has 46 heavy (non-hydrogen) atoms. The molecule has 0 spiro atoms. The van der Waals surface area contributed by atoms with Crippen LogP contribution in [0.2, 0.25) is 0 Å². The number of likely N-dealkylation sites (tertiary alicyclic amines) is 1. The topological polar surface area (TPSA) is 151 Å². The number of ketones is 2. The Morgan fingerprint density at radius 2 is 1.61 bits per heavy atom. The van der Waals surface area contributed by atoms with Crippen molar-refractivity contribution >= 4 is 35.4 Å². The van der Waals surface area contributed by atoms with Crippen molar-refractivity contribution in [3.8, 4) is 0 Å². The molecule has 11 nitrogen and oxygen atoms in total. The highest BCUT2D eigenvalue weighted by Crippen LogP contribution is 2.28. The third-order valence-corrected chi connectivity index (χ3v) is 8.39. The van der Waals surface area contributed by atoms with E-state index in [0.29, 0.717) is 79.7 Å². The minimum atomic E-state index is -0.805. The molecule has 1 heterocycles. The smallest absolute Gasteiger partial charge is 0.407 e. The Labute approximate surface area is 274 Å². The zero-order valence-corrected chi connectivity index (χ0v) is 28.9. The van der Waals surface area contributed by atoms with Crippen LogP contribution < -0.4 is 16.0 Å². The van der Waals surface area contributed by atoms with Crippen LogP contribution in [0.15, 0.2) is 34.4 Å². The van der Waals surface area contributed by atoms with E-state index in [1.54, 1.807) is 44.7 Å². The Balaban J connectivity index is 2.03. The van der Waals surface area contributed by atoms with Gasteiger partial charge >= 0.3 is 6.09 Å². The number of carbonyl (C=O) groups is 6. The van der Waals surface area contributed by atoms with Crippen LogP contribution in [-0.2, 0) is 28.7 Å². The van der Waals surface area contributed by atoms with Gasteiger partial charge in [0.15, 0.2) is 11.6 Å². The Bertz CT molecular complexity index is 1250. The van der Waals surface area contributed by atoms with Gasteiger partial charge in [-0.25, -0.2) is 4.79 Å². The largest absolute Gasteiger partial charge is 0.450 e. The van der Waals surface area contributed by atoms with Gasteiger partial charge in [-0.2, -0.15) is 0 Å². The molecule has 2 rings (SSSR count). The maximum atomic E-state index is 13.5. The number of Topliss-reactive ketones (excluding diaryl/α,β-unsaturated/α-hetero) is 2. The van der Waals surface area contributed by atoms with Gasteiger partial charge < -0.3 is 25.6 Å². The van der Waals surface area contributed by atoms with E-state index in [1.807, 2.05) is 27.7 Å². The van der Waals surface area contributed by atoms with Crippen molar-refractivity contribution in [2.24, 2.45) is 5.92 Å². The van der Waals surface area contributed by atoms with Gasteiger partial charge in [-0.3, -0.25) is 24.0 Å². The number of hydrogen-bond donors (Lipinski definition) is 3. The molecular weight excluding hydrogens is 588 g/mol. The fraction of sp³-hybridized carbons (Fsp3) is 0.657. The average Bonchev–Trinajstić information content (AvgIpc) is 3.48. The lowest BCUT2D eigenvalue weighted by Gasteiger charge is -2.27. The predicted octanol–water partition coefficient (Wildman–Crippen LogP) is 4.46. The van der Waals surface area contributed by atoms with E-state index >= 15 is 0 Å². The van der Waals surface area contributed by atoms with Crippen molar-refractivity contribution in [1.29, 1.82) is 0 Å². The van der Waals surface area contributed by atoms with E-state index in [-0.39, 0.29) is 54.4 Å². The highest BCUT2D eigenvalue weighted by Gasteiger charge is 2.35. The molecule has 1 aliphatic heterocycles. The van der Waals surface area contributed by atoms with Crippen LogP contribution in [0.1, 0.15) is 107 Å². The monoisotopic (exact) mass is 642 g/mol. The lowest BCUT2D eigenvalue weighted by Crippen LogP contribution is -2.53. The number of nitrogens with one attached hydrogen (secondary N) is 3. The third kappa shape index (κ3) is 11.2. The number of carbonyl (C=O) groups excluding carboxylic acids is 6. The maximum Gasteiger partial charge on any atom is 0.407 e. The van der Waals surface area contributed by atoms with Gasteiger partial charge in [-0.15, -0.1) is 0 Å². The summed E-state index contributed by atoms with van der Waals surface area (Å²) in [4.78, 5) is 78.5. The number of hydrogen-bond acceptors (Lipinski definition) is 7. The molecule has 1 aliphatic carbocycles. The van der Waals surface area contributed by atoms with Gasteiger partial charge in [0.05, 0.1) is 12.6 Å². The number of rotatable bonds is 16. The van der Waals surface area contributed by atoms with Gasteiger partial charge in [0, 0.05) is 41.3 Å². The Kier molecular flexibility index (Phi) is 15.4. The first-order valence-corrected chi connectivity index (χ1v) is 16.6. The van der Waals surface area contributed by atoms with Crippen molar-refractivity contribution in [2.45, 2.75) is 131 Å². The van der Waals surface area contributed by atoms with Gasteiger partial charge in [0.2, 0.25) is 17.7 Å². The van der Waals surface area contributed by atoms with Crippen molar-refractivity contribution in [2.75, 3.05) is 13.2 Å². The molecule has 2 aliphatic rings. The molecule has 0 aromatic rings. The number of unbranched alkanes of at least 4 members (excludes halogenated alkanes) is 1. The molecule has 256 valence electrons. The Morgan fingerprint density at radius 3 is 2.24 bits per heavy atom. The molecule has 0 aromatic heterocycles. The van der Waals surface area contributed by atoms with Crippen LogP contribution in [0.3, 0.4) is 0 Å². The van der Waals surface area contributed by atoms with Crippen LogP contribution in [0.4, 0.5) is 4.79 Å². The lowest BCUT2D eigenvalue weighted by molar-refractivity contribution is -0.139. The summed E-state index contributed by atoms with van der Waals surface area (Å²) in [6.45, 7) is 15.2. The minimum absolute atomic E-state index is 0.0742. The van der Waals surface area contributed by atoms with Crippen LogP contribution >= 0.6 is 0 Å². The second-order valence-electron chi connectivity index (χ2n) is 13.0. The number of ether oxygens (including phenoxy) is 1. The SMILES string of the molecule is CCOC(=O)N[C@H](/C=C/CC(=O)N1CCC[C@H]1C(=O)N[C@@H](CCCCC1=C(C)C(=O)C(C)=C(C)C1=O)C(=O)NC(C)C)CC(C)C. The summed E-state index contributed by atoms with van der Waals surface area (Å²) in [7, 11) is 0. The van der Waals surface area contributed by atoms with E-state index in [1.165, 1.54) is 0 Å². The van der Waals surface area contributed by atoms with E-state index in [9.17, 15) is 28.8 Å². The molecule has 0 saturated carbocycles.